The lowest BCUT2D eigenvalue weighted by Crippen LogP contribution is -2.43. The third-order valence-electron chi connectivity index (χ3n) is 6.44. The Kier molecular flexibility index (Phi) is 2.52. The molecule has 0 saturated heterocycles. The van der Waals surface area contributed by atoms with Gasteiger partial charge in [-0.1, -0.05) is 6.92 Å². The van der Waals surface area contributed by atoms with Crippen molar-refractivity contribution in [2.75, 3.05) is 7.11 Å². The molecule has 120 valence electrons. The minimum Gasteiger partial charge on any atom is -0.504 e. The summed E-state index contributed by atoms with van der Waals surface area (Å²) >= 11 is 0. The van der Waals surface area contributed by atoms with Crippen LogP contribution in [0.15, 0.2) is 12.1 Å². The lowest BCUT2D eigenvalue weighted by atomic mass is 9.55. The van der Waals surface area contributed by atoms with Crippen LogP contribution in [-0.2, 0) is 6.42 Å². The van der Waals surface area contributed by atoms with E-state index in [1.165, 1.54) is 5.56 Å². The van der Waals surface area contributed by atoms with E-state index in [-0.39, 0.29) is 29.9 Å². The first kappa shape index (κ1) is 11.3. The average molecular weight is 305 g/mol. The number of fused-ring (bicyclic) bond motifs is 5. The predicted molar refractivity (Wildman–Crippen MR) is 85.3 cm³/mol. The molecule has 0 spiro atoms. The second-order valence-corrected chi connectivity index (χ2v) is 7.32. The first-order valence-electron chi connectivity index (χ1n) is 9.74. The first-order chi connectivity index (χ1) is 11.6. The van der Waals surface area contributed by atoms with Gasteiger partial charge in [0, 0.05) is 2.74 Å². The van der Waals surface area contributed by atoms with Gasteiger partial charge < -0.3 is 14.9 Å². The molecular formula is C19H26O3. The Balaban J connectivity index is 1.75. The van der Waals surface area contributed by atoms with Gasteiger partial charge in [0.25, 0.3) is 0 Å². The molecule has 1 aromatic carbocycles. The number of aromatic hydroxyl groups is 1. The highest BCUT2D eigenvalue weighted by atomic mass is 16.5. The van der Waals surface area contributed by atoms with Gasteiger partial charge in [0.1, 0.15) is 0 Å². The topological polar surface area (TPSA) is 49.7 Å². The number of ether oxygens (including phenoxy) is 1. The minimum absolute atomic E-state index is 0.00306. The number of hydrogen-bond donors (Lipinski definition) is 2. The van der Waals surface area contributed by atoms with E-state index in [9.17, 15) is 10.2 Å². The van der Waals surface area contributed by atoms with Gasteiger partial charge in [0.2, 0.25) is 0 Å². The molecule has 2 N–H and O–H groups in total. The number of aryl methyl sites for hydroxylation is 1. The average Bonchev–Trinajstić information content (AvgIpc) is 2.69. The van der Waals surface area contributed by atoms with E-state index in [1.807, 2.05) is 13.0 Å². The quantitative estimate of drug-likeness (QED) is 0.833. The minimum atomic E-state index is -2.04. The van der Waals surface area contributed by atoms with Crippen LogP contribution in [0.2, 0.25) is 0 Å². The van der Waals surface area contributed by atoms with E-state index in [0.29, 0.717) is 12.2 Å². The number of rotatable bonds is 1. The molecule has 0 aromatic heterocycles. The Bertz CT molecular complexity index is 718. The lowest BCUT2D eigenvalue weighted by molar-refractivity contribution is -0.0226. The molecule has 5 atom stereocenters. The summed E-state index contributed by atoms with van der Waals surface area (Å²) in [6.07, 6.45) is -0.460. The maximum atomic E-state index is 10.7. The Morgan fingerprint density at radius 3 is 2.95 bits per heavy atom. The van der Waals surface area contributed by atoms with E-state index in [0.717, 1.165) is 24.8 Å². The van der Waals surface area contributed by atoms with Crippen LogP contribution in [0.4, 0.5) is 0 Å². The molecule has 2 saturated carbocycles. The van der Waals surface area contributed by atoms with Crippen molar-refractivity contribution in [1.82, 2.24) is 0 Å². The van der Waals surface area contributed by atoms with Crippen molar-refractivity contribution in [2.45, 2.75) is 57.4 Å². The van der Waals surface area contributed by atoms with Crippen molar-refractivity contribution >= 4 is 0 Å². The third kappa shape index (κ3) is 1.84. The maximum Gasteiger partial charge on any atom is 0.160 e. The van der Waals surface area contributed by atoms with Crippen LogP contribution in [0.3, 0.4) is 0 Å². The van der Waals surface area contributed by atoms with Crippen LogP contribution in [-0.4, -0.2) is 23.4 Å². The number of phenols is 1. The van der Waals surface area contributed by atoms with Gasteiger partial charge in [-0.3, -0.25) is 0 Å². The molecular weight excluding hydrogens is 276 g/mol. The lowest BCUT2D eigenvalue weighted by Gasteiger charge is -2.50. The Morgan fingerprint density at radius 2 is 2.18 bits per heavy atom. The fourth-order valence-corrected chi connectivity index (χ4v) is 5.15. The highest BCUT2D eigenvalue weighted by Crippen LogP contribution is 2.61. The second kappa shape index (κ2) is 4.89. The highest BCUT2D eigenvalue weighted by molar-refractivity contribution is 5.49. The summed E-state index contributed by atoms with van der Waals surface area (Å²) in [5, 5.41) is 20.8. The molecule has 3 nitrogen and oxygen atoms in total. The van der Waals surface area contributed by atoms with Crippen molar-refractivity contribution in [3.8, 4) is 11.5 Å². The van der Waals surface area contributed by atoms with Crippen LogP contribution < -0.4 is 4.74 Å². The molecule has 22 heavy (non-hydrogen) atoms. The Hall–Kier alpha value is -1.22. The number of phenolic OH excluding ortho intramolecular Hbond substituents is 1. The largest absolute Gasteiger partial charge is 0.504 e. The fourth-order valence-electron chi connectivity index (χ4n) is 5.15. The normalized spacial score (nSPS) is 47.4. The van der Waals surface area contributed by atoms with Crippen molar-refractivity contribution in [3.63, 3.8) is 0 Å². The molecule has 4 rings (SSSR count). The van der Waals surface area contributed by atoms with Crippen LogP contribution in [0, 0.1) is 17.3 Å². The van der Waals surface area contributed by atoms with Gasteiger partial charge >= 0.3 is 0 Å². The van der Waals surface area contributed by atoms with E-state index < -0.39 is 17.9 Å². The summed E-state index contributed by atoms with van der Waals surface area (Å²) in [5.41, 5.74) is 1.62. The predicted octanol–water partition coefficient (Wildman–Crippen LogP) is 3.62. The summed E-state index contributed by atoms with van der Waals surface area (Å²) in [7, 11) is 1.55. The molecule has 0 radical (unpaired) electrons. The number of methoxy groups -OCH3 is 1. The van der Waals surface area contributed by atoms with Crippen molar-refractivity contribution in [1.29, 1.82) is 0 Å². The van der Waals surface area contributed by atoms with E-state index in [1.54, 1.807) is 13.2 Å². The zero-order chi connectivity index (χ0) is 18.2. The van der Waals surface area contributed by atoms with Gasteiger partial charge in [-0.05, 0) is 84.9 Å². The van der Waals surface area contributed by atoms with Crippen molar-refractivity contribution < 1.29 is 19.1 Å². The van der Waals surface area contributed by atoms with Crippen LogP contribution in [0.25, 0.3) is 0 Å². The summed E-state index contributed by atoms with van der Waals surface area (Å²) in [6, 6.07) is 3.73. The van der Waals surface area contributed by atoms with Gasteiger partial charge in [0.15, 0.2) is 11.5 Å². The molecule has 0 bridgehead atoms. The fraction of sp³-hybridized carbons (Fsp3) is 0.684. The maximum absolute atomic E-state index is 10.7. The molecule has 0 heterocycles. The van der Waals surface area contributed by atoms with Gasteiger partial charge in [0.05, 0.1) is 14.6 Å². The van der Waals surface area contributed by atoms with E-state index >= 15 is 0 Å². The zero-order valence-corrected chi connectivity index (χ0v) is 13.2. The number of benzene rings is 1. The van der Waals surface area contributed by atoms with Crippen molar-refractivity contribution in [2.24, 2.45) is 17.3 Å². The van der Waals surface area contributed by atoms with Crippen LogP contribution in [0.5, 0.6) is 11.5 Å². The monoisotopic (exact) mass is 305 g/mol. The van der Waals surface area contributed by atoms with Crippen LogP contribution >= 0.6 is 0 Å². The SMILES string of the molecule is [2H]C1([2H])CC2C3CCc4cc(O)c(OC)cc4C3CC[C@@]2(C)[C@]1([2H])O. The zero-order valence-electron chi connectivity index (χ0n) is 16.2. The summed E-state index contributed by atoms with van der Waals surface area (Å²) in [4.78, 5) is 0. The van der Waals surface area contributed by atoms with Gasteiger partial charge in [-0.25, -0.2) is 0 Å². The number of aliphatic hydroxyl groups is 1. The van der Waals surface area contributed by atoms with E-state index in [2.05, 4.69) is 0 Å². The Morgan fingerprint density at radius 1 is 1.36 bits per heavy atom. The van der Waals surface area contributed by atoms with Crippen molar-refractivity contribution in [3.05, 3.63) is 23.3 Å². The molecule has 3 aliphatic rings. The molecule has 0 amide bonds. The third-order valence-corrected chi connectivity index (χ3v) is 6.44. The second-order valence-electron chi connectivity index (χ2n) is 7.32. The summed E-state index contributed by atoms with van der Waals surface area (Å²) < 4.78 is 30.1. The van der Waals surface area contributed by atoms with Crippen LogP contribution in [0.1, 0.15) is 60.1 Å². The molecule has 0 aliphatic heterocycles. The molecule has 1 aromatic rings. The Labute approximate surface area is 136 Å². The molecule has 2 fully saturated rings. The smallest absolute Gasteiger partial charge is 0.160 e. The molecule has 3 aliphatic carbocycles. The van der Waals surface area contributed by atoms with Gasteiger partial charge in [-0.2, -0.15) is 0 Å². The summed E-state index contributed by atoms with van der Waals surface area (Å²) in [5.74, 6) is 1.18. The number of hydrogen-bond acceptors (Lipinski definition) is 3. The van der Waals surface area contributed by atoms with E-state index in [4.69, 9.17) is 8.85 Å². The standard InChI is InChI=1S/C19H26O3/c1-19-8-7-12-13(15(19)5-6-18(19)21)4-3-11-9-16(20)17(22-2)10-14(11)12/h9-10,12-13,15,18,20-21H,3-8H2,1-2H3/t12?,13?,15?,18-,19-/m1/s1/i6D2,18D. The van der Waals surface area contributed by atoms with Gasteiger partial charge in [-0.15, -0.1) is 0 Å². The molecule has 3 heteroatoms. The summed E-state index contributed by atoms with van der Waals surface area (Å²) in [6.45, 7) is 1.90. The molecule has 3 unspecified atom stereocenters. The first-order valence-corrected chi connectivity index (χ1v) is 8.24. The highest BCUT2D eigenvalue weighted by Gasteiger charge is 2.54.